The van der Waals surface area contributed by atoms with Gasteiger partial charge in [0.1, 0.15) is 24.7 Å². The molecular formula is C39H36N4O2. The van der Waals surface area contributed by atoms with Crippen molar-refractivity contribution in [2.24, 2.45) is 0 Å². The average Bonchev–Trinajstić information content (AvgIpc) is 3.08. The third-order valence-electron chi connectivity index (χ3n) is 7.96. The molecule has 0 spiro atoms. The summed E-state index contributed by atoms with van der Waals surface area (Å²) in [6, 6.07) is 32.7. The number of aryl methyl sites for hydroxylation is 2. The molecule has 2 aromatic carbocycles. The molecule has 224 valence electrons. The summed E-state index contributed by atoms with van der Waals surface area (Å²) >= 11 is 0. The third-order valence-corrected chi connectivity index (χ3v) is 7.96. The van der Waals surface area contributed by atoms with E-state index in [1.807, 2.05) is 111 Å². The second-order valence-electron chi connectivity index (χ2n) is 11.8. The maximum absolute atomic E-state index is 6.06. The molecule has 0 saturated heterocycles. The zero-order chi connectivity index (χ0) is 31.2. The molecule has 0 fully saturated rings. The van der Waals surface area contributed by atoms with E-state index in [1.54, 1.807) is 0 Å². The van der Waals surface area contributed by atoms with E-state index in [9.17, 15) is 0 Å². The van der Waals surface area contributed by atoms with E-state index in [2.05, 4.69) is 58.0 Å². The van der Waals surface area contributed by atoms with Gasteiger partial charge in [-0.1, -0.05) is 62.4 Å². The van der Waals surface area contributed by atoms with Crippen molar-refractivity contribution < 1.29 is 9.47 Å². The molecule has 4 heterocycles. The number of aromatic nitrogens is 4. The van der Waals surface area contributed by atoms with Gasteiger partial charge < -0.3 is 9.47 Å². The Bertz CT molecular complexity index is 1690. The molecule has 0 N–H and O–H groups in total. The van der Waals surface area contributed by atoms with E-state index in [-0.39, 0.29) is 5.41 Å². The largest absolute Gasteiger partial charge is 0.489 e. The first-order valence-electron chi connectivity index (χ1n) is 15.1. The molecular weight excluding hydrogens is 556 g/mol. The predicted octanol–water partition coefficient (Wildman–Crippen LogP) is 8.70. The monoisotopic (exact) mass is 592 g/mol. The fraction of sp³-hybridized carbons (Fsp3) is 0.179. The zero-order valence-corrected chi connectivity index (χ0v) is 26.1. The van der Waals surface area contributed by atoms with Gasteiger partial charge in [-0.05, 0) is 84.6 Å². The van der Waals surface area contributed by atoms with Crippen LogP contribution in [0.1, 0.15) is 47.2 Å². The van der Waals surface area contributed by atoms with E-state index in [4.69, 9.17) is 9.47 Å². The highest BCUT2D eigenvalue weighted by molar-refractivity contribution is 5.55. The first-order chi connectivity index (χ1) is 21.8. The molecule has 4 aromatic heterocycles. The van der Waals surface area contributed by atoms with Crippen LogP contribution in [0.4, 0.5) is 0 Å². The molecule has 6 aromatic rings. The Morgan fingerprint density at radius 1 is 0.444 bits per heavy atom. The highest BCUT2D eigenvalue weighted by Crippen LogP contribution is 2.33. The minimum absolute atomic E-state index is 0.190. The number of ether oxygens (including phenoxy) is 2. The fourth-order valence-electron chi connectivity index (χ4n) is 5.00. The standard InChI is InChI=1S/C39H36N4O2/c1-27-5-17-35(40-21-27)37-19-7-29(23-42-37)25-44-33-13-9-31(10-14-33)39(3,4)32-11-15-34(16-12-32)45-26-30-8-20-38(43-24-30)36-18-6-28(2)22-41-36/h5-24H,25-26H2,1-4H3. The van der Waals surface area contributed by atoms with Gasteiger partial charge in [0, 0.05) is 41.3 Å². The Balaban J connectivity index is 1.02. The van der Waals surface area contributed by atoms with Crippen molar-refractivity contribution in [3.63, 3.8) is 0 Å². The van der Waals surface area contributed by atoms with Crippen molar-refractivity contribution in [1.82, 2.24) is 19.9 Å². The number of nitrogens with zero attached hydrogens (tertiary/aromatic N) is 4. The summed E-state index contributed by atoms with van der Waals surface area (Å²) in [7, 11) is 0. The number of benzene rings is 2. The topological polar surface area (TPSA) is 70.0 Å². The summed E-state index contributed by atoms with van der Waals surface area (Å²) in [5.74, 6) is 1.64. The van der Waals surface area contributed by atoms with Gasteiger partial charge in [0.05, 0.1) is 22.8 Å². The molecule has 0 unspecified atom stereocenters. The number of hydrogen-bond acceptors (Lipinski definition) is 6. The van der Waals surface area contributed by atoms with Crippen LogP contribution in [0.15, 0.2) is 122 Å². The van der Waals surface area contributed by atoms with Crippen molar-refractivity contribution in [2.75, 3.05) is 0 Å². The lowest BCUT2D eigenvalue weighted by Crippen LogP contribution is -2.18. The first-order valence-corrected chi connectivity index (χ1v) is 15.1. The van der Waals surface area contributed by atoms with E-state index in [1.165, 1.54) is 11.1 Å². The van der Waals surface area contributed by atoms with Gasteiger partial charge in [-0.15, -0.1) is 0 Å². The van der Waals surface area contributed by atoms with Crippen LogP contribution in [0.5, 0.6) is 11.5 Å². The Labute approximate surface area is 264 Å². The Hall–Kier alpha value is -5.36. The van der Waals surface area contributed by atoms with Crippen LogP contribution < -0.4 is 9.47 Å². The Morgan fingerprint density at radius 2 is 0.800 bits per heavy atom. The van der Waals surface area contributed by atoms with Crippen LogP contribution in [0, 0.1) is 13.8 Å². The molecule has 6 rings (SSSR count). The maximum Gasteiger partial charge on any atom is 0.119 e. The van der Waals surface area contributed by atoms with Crippen molar-refractivity contribution in [2.45, 2.75) is 46.3 Å². The van der Waals surface area contributed by atoms with Gasteiger partial charge in [-0.3, -0.25) is 19.9 Å². The van der Waals surface area contributed by atoms with Gasteiger partial charge in [0.2, 0.25) is 0 Å². The lowest BCUT2D eigenvalue weighted by atomic mass is 9.78. The zero-order valence-electron chi connectivity index (χ0n) is 26.1. The van der Waals surface area contributed by atoms with Crippen molar-refractivity contribution in [3.05, 3.63) is 155 Å². The van der Waals surface area contributed by atoms with Crippen LogP contribution in [-0.4, -0.2) is 19.9 Å². The summed E-state index contributed by atoms with van der Waals surface area (Å²) in [5.41, 5.74) is 9.92. The number of hydrogen-bond donors (Lipinski definition) is 0. The van der Waals surface area contributed by atoms with Crippen molar-refractivity contribution >= 4 is 0 Å². The molecule has 45 heavy (non-hydrogen) atoms. The smallest absolute Gasteiger partial charge is 0.119 e. The molecule has 0 bridgehead atoms. The molecule has 0 aliphatic heterocycles. The predicted molar refractivity (Wildman–Crippen MR) is 178 cm³/mol. The van der Waals surface area contributed by atoms with Crippen molar-refractivity contribution in [1.29, 1.82) is 0 Å². The quantitative estimate of drug-likeness (QED) is 0.158. The summed E-state index contributed by atoms with van der Waals surface area (Å²) in [4.78, 5) is 18.0. The highest BCUT2D eigenvalue weighted by atomic mass is 16.5. The van der Waals surface area contributed by atoms with Gasteiger partial charge in [0.25, 0.3) is 0 Å². The molecule has 0 aliphatic rings. The van der Waals surface area contributed by atoms with Crippen LogP contribution in [0.2, 0.25) is 0 Å². The van der Waals surface area contributed by atoms with Crippen molar-refractivity contribution in [3.8, 4) is 34.3 Å². The average molecular weight is 593 g/mol. The molecule has 0 amide bonds. The maximum atomic E-state index is 6.06. The Morgan fingerprint density at radius 3 is 1.11 bits per heavy atom. The van der Waals surface area contributed by atoms with Crippen LogP contribution in [0.3, 0.4) is 0 Å². The first kappa shape index (κ1) is 29.7. The molecule has 0 saturated carbocycles. The van der Waals surface area contributed by atoms with Gasteiger partial charge >= 0.3 is 0 Å². The van der Waals surface area contributed by atoms with E-state index < -0.39 is 0 Å². The molecule has 0 radical (unpaired) electrons. The number of pyridine rings is 4. The second-order valence-corrected chi connectivity index (χ2v) is 11.8. The normalized spacial score (nSPS) is 11.3. The minimum atomic E-state index is -0.190. The van der Waals surface area contributed by atoms with Gasteiger partial charge in [-0.2, -0.15) is 0 Å². The fourth-order valence-corrected chi connectivity index (χ4v) is 5.00. The lowest BCUT2D eigenvalue weighted by molar-refractivity contribution is 0.305. The Kier molecular flexibility index (Phi) is 8.65. The summed E-state index contributed by atoms with van der Waals surface area (Å²) < 4.78 is 12.1. The van der Waals surface area contributed by atoms with Crippen LogP contribution in [0.25, 0.3) is 22.8 Å². The lowest BCUT2D eigenvalue weighted by Gasteiger charge is -2.26. The van der Waals surface area contributed by atoms with E-state index in [0.717, 1.165) is 56.5 Å². The molecule has 0 aliphatic carbocycles. The summed E-state index contributed by atoms with van der Waals surface area (Å²) in [6.07, 6.45) is 7.40. The molecule has 6 heteroatoms. The van der Waals surface area contributed by atoms with E-state index in [0.29, 0.717) is 13.2 Å². The molecule has 6 nitrogen and oxygen atoms in total. The van der Waals surface area contributed by atoms with Crippen LogP contribution in [-0.2, 0) is 18.6 Å². The van der Waals surface area contributed by atoms with Gasteiger partial charge in [-0.25, -0.2) is 0 Å². The molecule has 0 atom stereocenters. The SMILES string of the molecule is Cc1ccc(-c2ccc(COc3ccc(C(C)(C)c4ccc(OCc5ccc(-c6ccc(C)cn6)nc5)cc4)cc3)cn2)nc1. The van der Waals surface area contributed by atoms with Gasteiger partial charge in [0.15, 0.2) is 0 Å². The minimum Gasteiger partial charge on any atom is -0.489 e. The summed E-state index contributed by atoms with van der Waals surface area (Å²) in [5, 5.41) is 0. The second kappa shape index (κ2) is 13.1. The highest BCUT2D eigenvalue weighted by Gasteiger charge is 2.23. The number of rotatable bonds is 10. The summed E-state index contributed by atoms with van der Waals surface area (Å²) in [6.45, 7) is 9.40. The van der Waals surface area contributed by atoms with E-state index >= 15 is 0 Å². The van der Waals surface area contributed by atoms with Crippen LogP contribution >= 0.6 is 0 Å². The third kappa shape index (κ3) is 7.24.